The van der Waals surface area contributed by atoms with Gasteiger partial charge in [0.2, 0.25) is 5.69 Å². The van der Waals surface area contributed by atoms with Crippen LogP contribution in [0.5, 0.6) is 0 Å². The molecule has 1 aromatic carbocycles. The third-order valence-electron chi connectivity index (χ3n) is 2.52. The Labute approximate surface area is 118 Å². The van der Waals surface area contributed by atoms with Crippen LogP contribution >= 0.6 is 0 Å². The molecular formula is C16H15N2O2+. The summed E-state index contributed by atoms with van der Waals surface area (Å²) in [6.45, 7) is 3.69. The van der Waals surface area contributed by atoms with Gasteiger partial charge in [-0.15, -0.1) is 0 Å². The Morgan fingerprint density at radius 1 is 1.25 bits per heavy atom. The molecule has 0 aliphatic rings. The van der Waals surface area contributed by atoms with E-state index in [9.17, 15) is 4.79 Å². The van der Waals surface area contributed by atoms with Crippen LogP contribution in [0.2, 0.25) is 0 Å². The highest BCUT2D eigenvalue weighted by molar-refractivity contribution is 5.92. The zero-order valence-corrected chi connectivity index (χ0v) is 11.2. The Morgan fingerprint density at radius 3 is 2.65 bits per heavy atom. The summed E-state index contributed by atoms with van der Waals surface area (Å²) < 4.78 is 5.02. The first-order valence-corrected chi connectivity index (χ1v) is 6.36. The van der Waals surface area contributed by atoms with Crippen LogP contribution in [0.4, 0.5) is 0 Å². The second-order valence-electron chi connectivity index (χ2n) is 3.95. The largest absolute Gasteiger partial charge is 0.448 e. The highest BCUT2D eigenvalue weighted by Gasteiger charge is 2.24. The minimum Gasteiger partial charge on any atom is -0.448 e. The molecule has 4 heteroatoms. The number of ether oxygens (including phenoxy) is 1. The summed E-state index contributed by atoms with van der Waals surface area (Å²) in [5.74, 6) is -0.474. The first-order chi connectivity index (χ1) is 9.81. The molecule has 20 heavy (non-hydrogen) atoms. The van der Waals surface area contributed by atoms with Crippen LogP contribution in [0.25, 0.3) is 5.32 Å². The van der Waals surface area contributed by atoms with Gasteiger partial charge in [0.1, 0.15) is 11.6 Å². The van der Waals surface area contributed by atoms with Crippen LogP contribution in [0.3, 0.4) is 0 Å². The summed E-state index contributed by atoms with van der Waals surface area (Å²) in [6.07, 6.45) is 1.62. The predicted molar refractivity (Wildman–Crippen MR) is 76.4 cm³/mol. The van der Waals surface area contributed by atoms with Crippen LogP contribution in [-0.4, -0.2) is 17.6 Å². The van der Waals surface area contributed by atoms with Gasteiger partial charge in [0.25, 0.3) is 0 Å². The molecule has 100 valence electrons. The van der Waals surface area contributed by atoms with Gasteiger partial charge < -0.3 is 10.1 Å². The predicted octanol–water partition coefficient (Wildman–Crippen LogP) is 3.11. The van der Waals surface area contributed by atoms with E-state index in [0.29, 0.717) is 12.3 Å². The number of esters is 1. The molecule has 0 fully saturated rings. The molecule has 0 atom stereocenters. The van der Waals surface area contributed by atoms with Crippen LogP contribution in [0.15, 0.2) is 54.7 Å². The first-order valence-electron chi connectivity index (χ1n) is 6.36. The van der Waals surface area contributed by atoms with Gasteiger partial charge in [-0.05, 0) is 31.2 Å². The smallest absolute Gasteiger partial charge is 0.404 e. The molecule has 1 aromatic heterocycles. The van der Waals surface area contributed by atoms with Crippen LogP contribution < -0.4 is 0 Å². The van der Waals surface area contributed by atoms with Crippen molar-refractivity contribution >= 4 is 5.97 Å². The fraction of sp³-hybridized carbons (Fsp3) is 0.125. The minimum atomic E-state index is -0.474. The molecule has 0 aliphatic carbocycles. The molecule has 1 heterocycles. The first kappa shape index (κ1) is 14.0. The third-order valence-corrected chi connectivity index (χ3v) is 2.52. The van der Waals surface area contributed by atoms with E-state index in [-0.39, 0.29) is 6.04 Å². The lowest BCUT2D eigenvalue weighted by atomic mass is 10.1. The maximum absolute atomic E-state index is 12.0. The number of pyridine rings is 1. The summed E-state index contributed by atoms with van der Waals surface area (Å²) in [5.41, 5.74) is 1.41. The lowest BCUT2D eigenvalue weighted by molar-refractivity contribution is -0.139. The van der Waals surface area contributed by atoms with E-state index in [0.717, 1.165) is 5.56 Å². The summed E-state index contributed by atoms with van der Waals surface area (Å²) in [4.78, 5) is 16.1. The normalized spacial score (nSPS) is 9.85. The summed E-state index contributed by atoms with van der Waals surface area (Å²) in [6, 6.07) is 15.1. The second kappa shape index (κ2) is 7.21. The van der Waals surface area contributed by atoms with Crippen LogP contribution in [0.1, 0.15) is 18.2 Å². The molecule has 0 aliphatic heterocycles. The zero-order valence-electron chi connectivity index (χ0n) is 11.2. The number of nitrogens with zero attached hydrogens (tertiary/aromatic N) is 2. The Bertz CT molecular complexity index is 529. The summed E-state index contributed by atoms with van der Waals surface area (Å²) >= 11 is 0. The Hall–Kier alpha value is -2.46. The van der Waals surface area contributed by atoms with Gasteiger partial charge in [-0.1, -0.05) is 6.54 Å². The van der Waals surface area contributed by atoms with Crippen molar-refractivity contribution < 1.29 is 9.53 Å². The van der Waals surface area contributed by atoms with Gasteiger partial charge in [-0.3, -0.25) is 0 Å². The standard InChI is InChI=1S/C16H15N2O2/c1-2-20-16(19)15(14-10-6-7-11-17-14)18-12-13-8-4-3-5-9-13/h3-12H,2H2,1H3/q+1. The molecule has 0 bridgehead atoms. The second-order valence-corrected chi connectivity index (χ2v) is 3.95. The molecule has 0 saturated carbocycles. The number of carbonyl (C=O) groups is 1. The Kier molecular flexibility index (Phi) is 5.03. The van der Waals surface area contributed by atoms with E-state index >= 15 is 0 Å². The molecule has 4 nitrogen and oxygen atoms in total. The van der Waals surface area contributed by atoms with E-state index in [4.69, 9.17) is 4.74 Å². The molecule has 0 amide bonds. The van der Waals surface area contributed by atoms with Crippen molar-refractivity contribution in [1.29, 1.82) is 0 Å². The maximum Gasteiger partial charge on any atom is 0.404 e. The van der Waals surface area contributed by atoms with E-state index < -0.39 is 5.97 Å². The van der Waals surface area contributed by atoms with E-state index in [2.05, 4.69) is 10.3 Å². The highest BCUT2D eigenvalue weighted by Crippen LogP contribution is 2.24. The molecule has 0 spiro atoms. The average Bonchev–Trinajstić information content (AvgIpc) is 2.50. The number of aromatic nitrogens is 1. The zero-order chi connectivity index (χ0) is 14.2. The van der Waals surface area contributed by atoms with Crippen molar-refractivity contribution in [1.82, 2.24) is 4.98 Å². The van der Waals surface area contributed by atoms with Crippen molar-refractivity contribution in [3.63, 3.8) is 0 Å². The van der Waals surface area contributed by atoms with Gasteiger partial charge in [0.05, 0.1) is 12.7 Å². The average molecular weight is 267 g/mol. The van der Waals surface area contributed by atoms with Gasteiger partial charge >= 0.3 is 5.97 Å². The Balaban J connectivity index is 2.09. The number of hydrogen-bond donors (Lipinski definition) is 0. The molecule has 2 rings (SSSR count). The van der Waals surface area contributed by atoms with Crippen molar-refractivity contribution in [3.8, 4) is 0 Å². The molecule has 0 saturated heterocycles. The monoisotopic (exact) mass is 267 g/mol. The minimum absolute atomic E-state index is 0.205. The van der Waals surface area contributed by atoms with Crippen LogP contribution in [0, 0.1) is 12.6 Å². The van der Waals surface area contributed by atoms with E-state index in [1.54, 1.807) is 37.9 Å². The Morgan fingerprint density at radius 2 is 2.00 bits per heavy atom. The number of rotatable bonds is 6. The fourth-order valence-electron chi connectivity index (χ4n) is 1.60. The van der Waals surface area contributed by atoms with Crippen LogP contribution in [-0.2, 0) is 9.53 Å². The van der Waals surface area contributed by atoms with E-state index in [1.807, 2.05) is 30.3 Å². The van der Waals surface area contributed by atoms with Gasteiger partial charge in [0.15, 0.2) is 0 Å². The molecule has 0 N–H and O–H groups in total. The topological polar surface area (TPSA) is 53.3 Å². The van der Waals surface area contributed by atoms with Gasteiger partial charge in [-0.25, -0.2) is 9.78 Å². The molecule has 0 unspecified atom stereocenters. The molecule has 2 aromatic rings. The SMILES string of the molecule is CCOC(=O)[C+]([N-][CH+]c1ccccc1)c1ccccn1. The lowest BCUT2D eigenvalue weighted by Crippen LogP contribution is -2.17. The highest BCUT2D eigenvalue weighted by atomic mass is 16.5. The van der Waals surface area contributed by atoms with Crippen molar-refractivity contribution in [2.45, 2.75) is 6.92 Å². The third kappa shape index (κ3) is 3.76. The maximum atomic E-state index is 12.0. The van der Waals surface area contributed by atoms with E-state index in [1.165, 1.54) is 0 Å². The summed E-state index contributed by atoms with van der Waals surface area (Å²) in [7, 11) is 0. The van der Waals surface area contributed by atoms with Crippen molar-refractivity contribution in [2.24, 2.45) is 0 Å². The van der Waals surface area contributed by atoms with Gasteiger partial charge in [-0.2, -0.15) is 0 Å². The van der Waals surface area contributed by atoms with Crippen molar-refractivity contribution in [3.05, 3.63) is 83.9 Å². The number of benzene rings is 1. The fourth-order valence-corrected chi connectivity index (χ4v) is 1.60. The summed E-state index contributed by atoms with van der Waals surface area (Å²) in [5, 5.41) is 4.24. The quantitative estimate of drug-likeness (QED) is 0.597. The van der Waals surface area contributed by atoms with Crippen molar-refractivity contribution in [2.75, 3.05) is 6.61 Å². The number of hydrogen-bond acceptors (Lipinski definition) is 3. The van der Waals surface area contributed by atoms with Gasteiger partial charge in [0, 0.05) is 24.4 Å². The number of carbonyl (C=O) groups excluding carboxylic acids is 1. The lowest BCUT2D eigenvalue weighted by Gasteiger charge is -2.17. The molecular weight excluding hydrogens is 252 g/mol. The molecule has 0 radical (unpaired) electrons.